The summed E-state index contributed by atoms with van der Waals surface area (Å²) >= 11 is 0. The molecule has 0 atom stereocenters. The van der Waals surface area contributed by atoms with Crippen molar-refractivity contribution in [3.05, 3.63) is 47.9 Å². The number of aromatic nitrogens is 2. The number of methoxy groups -OCH3 is 1. The van der Waals surface area contributed by atoms with Crippen LogP contribution in [0.4, 0.5) is 5.82 Å². The molecule has 2 N–H and O–H groups in total. The van der Waals surface area contributed by atoms with Crippen LogP contribution in [-0.4, -0.2) is 41.0 Å². The van der Waals surface area contributed by atoms with Crippen molar-refractivity contribution in [3.8, 4) is 5.75 Å². The Morgan fingerprint density at radius 3 is 2.75 bits per heavy atom. The van der Waals surface area contributed by atoms with Crippen molar-refractivity contribution in [2.24, 2.45) is 5.92 Å². The summed E-state index contributed by atoms with van der Waals surface area (Å²) in [4.78, 5) is 22.3. The molecule has 126 valence electrons. The molecule has 2 heterocycles. The van der Waals surface area contributed by atoms with E-state index in [1.165, 1.54) is 18.0 Å². The van der Waals surface area contributed by atoms with E-state index in [0.717, 1.165) is 38.1 Å². The number of benzene rings is 1. The number of piperidine rings is 1. The van der Waals surface area contributed by atoms with Gasteiger partial charge in [0.2, 0.25) is 0 Å². The van der Waals surface area contributed by atoms with Crippen molar-refractivity contribution in [1.29, 1.82) is 0 Å². The van der Waals surface area contributed by atoms with Gasteiger partial charge in [0.05, 0.1) is 7.11 Å². The predicted molar refractivity (Wildman–Crippen MR) is 91.8 cm³/mol. The highest BCUT2D eigenvalue weighted by atomic mass is 16.5. The van der Waals surface area contributed by atoms with Crippen molar-refractivity contribution in [1.82, 2.24) is 14.9 Å². The van der Waals surface area contributed by atoms with E-state index in [4.69, 9.17) is 10.5 Å². The first-order valence-electron chi connectivity index (χ1n) is 8.16. The minimum Gasteiger partial charge on any atom is -0.497 e. The Hall–Kier alpha value is -2.63. The molecule has 6 nitrogen and oxygen atoms in total. The molecule has 0 spiro atoms. The van der Waals surface area contributed by atoms with Gasteiger partial charge in [0.25, 0.3) is 5.91 Å². The number of carbonyl (C=O) groups is 1. The third-order valence-corrected chi connectivity index (χ3v) is 4.49. The number of likely N-dealkylation sites (tertiary alicyclic amines) is 1. The van der Waals surface area contributed by atoms with E-state index < -0.39 is 0 Å². The minimum absolute atomic E-state index is 0.125. The third-order valence-electron chi connectivity index (χ3n) is 4.49. The van der Waals surface area contributed by atoms with Gasteiger partial charge in [0.1, 0.15) is 5.75 Å². The highest BCUT2D eigenvalue weighted by Gasteiger charge is 2.26. The zero-order valence-corrected chi connectivity index (χ0v) is 13.8. The maximum atomic E-state index is 12.5. The second-order valence-electron chi connectivity index (χ2n) is 6.08. The first-order chi connectivity index (χ1) is 11.7. The summed E-state index contributed by atoms with van der Waals surface area (Å²) in [5.41, 5.74) is 7.28. The molecule has 1 aliphatic heterocycles. The van der Waals surface area contributed by atoms with Crippen LogP contribution >= 0.6 is 0 Å². The van der Waals surface area contributed by atoms with Crippen molar-refractivity contribution in [3.63, 3.8) is 0 Å². The number of anilines is 1. The first-order valence-corrected chi connectivity index (χ1v) is 8.16. The second-order valence-corrected chi connectivity index (χ2v) is 6.08. The number of hydrogen-bond acceptors (Lipinski definition) is 5. The van der Waals surface area contributed by atoms with E-state index in [1.54, 1.807) is 7.11 Å². The average molecular weight is 326 g/mol. The van der Waals surface area contributed by atoms with Gasteiger partial charge in [-0.2, -0.15) is 0 Å². The third kappa shape index (κ3) is 3.64. The van der Waals surface area contributed by atoms with Crippen LogP contribution in [0.15, 0.2) is 36.7 Å². The lowest BCUT2D eigenvalue weighted by atomic mass is 9.90. The van der Waals surface area contributed by atoms with Gasteiger partial charge in [-0.15, -0.1) is 0 Å². The van der Waals surface area contributed by atoms with E-state index in [1.807, 2.05) is 17.0 Å². The molecule has 1 aromatic heterocycles. The van der Waals surface area contributed by atoms with Gasteiger partial charge in [0.15, 0.2) is 11.5 Å². The van der Waals surface area contributed by atoms with E-state index >= 15 is 0 Å². The Balaban J connectivity index is 1.57. The molecule has 1 saturated heterocycles. The fourth-order valence-electron chi connectivity index (χ4n) is 3.14. The van der Waals surface area contributed by atoms with Gasteiger partial charge >= 0.3 is 0 Å². The molecule has 24 heavy (non-hydrogen) atoms. The normalized spacial score (nSPS) is 15.3. The number of amides is 1. The molecule has 1 aliphatic rings. The fraction of sp³-hybridized carbons (Fsp3) is 0.389. The molecule has 6 heteroatoms. The highest BCUT2D eigenvalue weighted by molar-refractivity contribution is 5.96. The highest BCUT2D eigenvalue weighted by Crippen LogP contribution is 2.24. The van der Waals surface area contributed by atoms with Gasteiger partial charge < -0.3 is 15.4 Å². The van der Waals surface area contributed by atoms with Crippen molar-refractivity contribution < 1.29 is 9.53 Å². The summed E-state index contributed by atoms with van der Waals surface area (Å²) in [6.45, 7) is 1.45. The zero-order valence-electron chi connectivity index (χ0n) is 13.8. The molecule has 0 radical (unpaired) electrons. The maximum Gasteiger partial charge on any atom is 0.276 e. The summed E-state index contributed by atoms with van der Waals surface area (Å²) in [5, 5.41) is 0. The van der Waals surface area contributed by atoms with Gasteiger partial charge in [-0.25, -0.2) is 9.97 Å². The summed E-state index contributed by atoms with van der Waals surface area (Å²) in [5.74, 6) is 1.53. The average Bonchev–Trinajstić information content (AvgIpc) is 2.62. The molecule has 2 aromatic rings. The zero-order chi connectivity index (χ0) is 16.9. The minimum atomic E-state index is -0.125. The van der Waals surface area contributed by atoms with Gasteiger partial charge in [-0.3, -0.25) is 4.79 Å². The smallest absolute Gasteiger partial charge is 0.276 e. The number of rotatable bonds is 4. The van der Waals surface area contributed by atoms with Crippen LogP contribution in [0.25, 0.3) is 0 Å². The number of carbonyl (C=O) groups excluding carboxylic acids is 1. The summed E-state index contributed by atoms with van der Waals surface area (Å²) in [6.07, 6.45) is 5.95. The molecule has 3 rings (SSSR count). The van der Waals surface area contributed by atoms with Crippen LogP contribution < -0.4 is 10.5 Å². The van der Waals surface area contributed by atoms with E-state index in [2.05, 4.69) is 22.1 Å². The maximum absolute atomic E-state index is 12.5. The molecular weight excluding hydrogens is 304 g/mol. The van der Waals surface area contributed by atoms with Gasteiger partial charge in [-0.1, -0.05) is 12.1 Å². The summed E-state index contributed by atoms with van der Waals surface area (Å²) in [7, 11) is 1.68. The Labute approximate surface area is 141 Å². The largest absolute Gasteiger partial charge is 0.497 e. The SMILES string of the molecule is COc1cccc(CC2CCN(C(=O)c3nccnc3N)CC2)c1. The summed E-state index contributed by atoms with van der Waals surface area (Å²) in [6, 6.07) is 8.18. The van der Waals surface area contributed by atoms with Crippen LogP contribution in [0, 0.1) is 5.92 Å². The Morgan fingerprint density at radius 2 is 2.04 bits per heavy atom. The van der Waals surface area contributed by atoms with Crippen molar-refractivity contribution in [2.45, 2.75) is 19.3 Å². The van der Waals surface area contributed by atoms with E-state index in [9.17, 15) is 4.79 Å². The fourth-order valence-corrected chi connectivity index (χ4v) is 3.14. The molecule has 1 amide bonds. The predicted octanol–water partition coefficient (Wildman–Crippen LogP) is 2.16. The molecule has 0 aliphatic carbocycles. The van der Waals surface area contributed by atoms with Crippen LogP contribution in [0.5, 0.6) is 5.75 Å². The van der Waals surface area contributed by atoms with Crippen LogP contribution in [0.1, 0.15) is 28.9 Å². The molecule has 0 bridgehead atoms. The molecule has 1 aromatic carbocycles. The van der Waals surface area contributed by atoms with Crippen molar-refractivity contribution in [2.75, 3.05) is 25.9 Å². The van der Waals surface area contributed by atoms with E-state index in [-0.39, 0.29) is 17.4 Å². The number of nitrogens with zero attached hydrogens (tertiary/aromatic N) is 3. The first kappa shape index (κ1) is 16.2. The van der Waals surface area contributed by atoms with E-state index in [0.29, 0.717) is 5.92 Å². The van der Waals surface area contributed by atoms with Crippen molar-refractivity contribution >= 4 is 11.7 Å². The van der Waals surface area contributed by atoms with Gasteiger partial charge in [0, 0.05) is 25.5 Å². The Morgan fingerprint density at radius 1 is 1.29 bits per heavy atom. The van der Waals surface area contributed by atoms with Crippen LogP contribution in [0.2, 0.25) is 0 Å². The number of nitrogens with two attached hydrogens (primary N) is 1. The Kier molecular flexibility index (Phi) is 4.93. The topological polar surface area (TPSA) is 81.3 Å². The number of hydrogen-bond donors (Lipinski definition) is 1. The lowest BCUT2D eigenvalue weighted by Crippen LogP contribution is -2.39. The Bertz CT molecular complexity index is 712. The monoisotopic (exact) mass is 326 g/mol. The molecule has 0 unspecified atom stereocenters. The lowest BCUT2D eigenvalue weighted by Gasteiger charge is -2.32. The molecular formula is C18H22N4O2. The number of nitrogen functional groups attached to an aromatic ring is 1. The summed E-state index contributed by atoms with van der Waals surface area (Å²) < 4.78 is 5.28. The lowest BCUT2D eigenvalue weighted by molar-refractivity contribution is 0.0685. The van der Waals surface area contributed by atoms with Crippen LogP contribution in [-0.2, 0) is 6.42 Å². The molecule has 0 saturated carbocycles. The second kappa shape index (κ2) is 7.29. The quantitative estimate of drug-likeness (QED) is 0.931. The standard InChI is InChI=1S/C18H22N4O2/c1-24-15-4-2-3-14(12-15)11-13-5-9-22(10-6-13)18(23)16-17(19)21-8-7-20-16/h2-4,7-8,12-13H,5-6,9-11H2,1H3,(H2,19,21). The van der Waals surface area contributed by atoms with Gasteiger partial charge in [-0.05, 0) is 42.9 Å². The van der Waals surface area contributed by atoms with Crippen LogP contribution in [0.3, 0.4) is 0 Å². The molecule has 1 fully saturated rings. The number of ether oxygens (including phenoxy) is 1.